The third-order valence-electron chi connectivity index (χ3n) is 3.75. The first-order chi connectivity index (χ1) is 9.06. The third kappa shape index (κ3) is 4.03. The molecular formula is C15H17IO3. The van der Waals surface area contributed by atoms with Crippen molar-refractivity contribution in [2.75, 3.05) is 0 Å². The first kappa shape index (κ1) is 14.5. The van der Waals surface area contributed by atoms with E-state index in [0.717, 1.165) is 28.4 Å². The molecule has 0 saturated heterocycles. The van der Waals surface area contributed by atoms with Crippen molar-refractivity contribution >= 4 is 34.3 Å². The SMILES string of the molecule is O=C(C[C@H]1CCC[C@@H](C(=O)O)C1)c1cccc(I)c1. The molecule has 4 heteroatoms. The number of aliphatic carboxylic acids is 1. The lowest BCUT2D eigenvalue weighted by Gasteiger charge is -2.26. The number of benzene rings is 1. The number of carboxylic acid groups (broad SMARTS) is 1. The number of carbonyl (C=O) groups excluding carboxylic acids is 1. The monoisotopic (exact) mass is 372 g/mol. The van der Waals surface area contributed by atoms with E-state index in [2.05, 4.69) is 22.6 Å². The Hall–Kier alpha value is -0.910. The second-order valence-electron chi connectivity index (χ2n) is 5.21. The lowest BCUT2D eigenvalue weighted by atomic mass is 9.78. The molecule has 0 amide bonds. The average Bonchev–Trinajstić information content (AvgIpc) is 2.39. The number of rotatable bonds is 4. The van der Waals surface area contributed by atoms with Crippen molar-refractivity contribution in [2.24, 2.45) is 11.8 Å². The fraction of sp³-hybridized carbons (Fsp3) is 0.467. The minimum atomic E-state index is -0.716. The summed E-state index contributed by atoms with van der Waals surface area (Å²) in [5.74, 6) is -0.622. The minimum Gasteiger partial charge on any atom is -0.481 e. The number of ketones is 1. The molecule has 0 heterocycles. The summed E-state index contributed by atoms with van der Waals surface area (Å²) in [6.45, 7) is 0. The van der Waals surface area contributed by atoms with E-state index >= 15 is 0 Å². The molecule has 1 aliphatic carbocycles. The molecule has 19 heavy (non-hydrogen) atoms. The standard InChI is InChI=1S/C15H17IO3/c16-13-6-2-4-11(9-13)14(17)8-10-3-1-5-12(7-10)15(18)19/h2,4,6,9-10,12H,1,3,5,7-8H2,(H,18,19)/t10-,12+/m0/s1. The highest BCUT2D eigenvalue weighted by Gasteiger charge is 2.28. The molecule has 1 aliphatic rings. The van der Waals surface area contributed by atoms with Crippen LogP contribution in [-0.4, -0.2) is 16.9 Å². The van der Waals surface area contributed by atoms with E-state index in [0.29, 0.717) is 12.8 Å². The normalized spacial score (nSPS) is 23.0. The maximum atomic E-state index is 12.2. The van der Waals surface area contributed by atoms with Gasteiger partial charge in [-0.3, -0.25) is 9.59 Å². The van der Waals surface area contributed by atoms with Gasteiger partial charge in [0, 0.05) is 15.6 Å². The fourth-order valence-corrected chi connectivity index (χ4v) is 3.29. The van der Waals surface area contributed by atoms with Crippen molar-refractivity contribution in [3.63, 3.8) is 0 Å². The average molecular weight is 372 g/mol. The van der Waals surface area contributed by atoms with Crippen LogP contribution >= 0.6 is 22.6 Å². The topological polar surface area (TPSA) is 54.4 Å². The minimum absolute atomic E-state index is 0.134. The van der Waals surface area contributed by atoms with Gasteiger partial charge in [0.05, 0.1) is 5.92 Å². The van der Waals surface area contributed by atoms with Gasteiger partial charge in [-0.2, -0.15) is 0 Å². The lowest BCUT2D eigenvalue weighted by molar-refractivity contribution is -0.143. The van der Waals surface area contributed by atoms with Crippen molar-refractivity contribution < 1.29 is 14.7 Å². The van der Waals surface area contributed by atoms with Crippen molar-refractivity contribution in [1.82, 2.24) is 0 Å². The highest BCUT2D eigenvalue weighted by Crippen LogP contribution is 2.32. The van der Waals surface area contributed by atoms with E-state index in [1.165, 1.54) is 0 Å². The highest BCUT2D eigenvalue weighted by molar-refractivity contribution is 14.1. The molecule has 102 valence electrons. The first-order valence-electron chi connectivity index (χ1n) is 6.58. The summed E-state index contributed by atoms with van der Waals surface area (Å²) in [4.78, 5) is 23.2. The van der Waals surface area contributed by atoms with Crippen molar-refractivity contribution in [2.45, 2.75) is 32.1 Å². The maximum Gasteiger partial charge on any atom is 0.306 e. The van der Waals surface area contributed by atoms with Crippen LogP contribution in [0.5, 0.6) is 0 Å². The van der Waals surface area contributed by atoms with E-state index in [-0.39, 0.29) is 17.6 Å². The Morgan fingerprint density at radius 3 is 2.79 bits per heavy atom. The van der Waals surface area contributed by atoms with Crippen LogP contribution in [0.25, 0.3) is 0 Å². The molecule has 0 radical (unpaired) electrons. The Labute approximate surface area is 126 Å². The molecule has 3 nitrogen and oxygen atoms in total. The van der Waals surface area contributed by atoms with Gasteiger partial charge in [-0.25, -0.2) is 0 Å². The number of halogens is 1. The van der Waals surface area contributed by atoms with Crippen LogP contribution in [-0.2, 0) is 4.79 Å². The second-order valence-corrected chi connectivity index (χ2v) is 6.45. The highest BCUT2D eigenvalue weighted by atomic mass is 127. The Morgan fingerprint density at radius 1 is 1.32 bits per heavy atom. The number of carbonyl (C=O) groups is 2. The number of hydrogen-bond acceptors (Lipinski definition) is 2. The summed E-state index contributed by atoms with van der Waals surface area (Å²) < 4.78 is 1.05. The van der Waals surface area contributed by atoms with Crippen molar-refractivity contribution in [3.05, 3.63) is 33.4 Å². The summed E-state index contributed by atoms with van der Waals surface area (Å²) in [7, 11) is 0. The Morgan fingerprint density at radius 2 is 2.11 bits per heavy atom. The lowest BCUT2D eigenvalue weighted by Crippen LogP contribution is -2.24. The molecule has 0 aliphatic heterocycles. The molecule has 0 spiro atoms. The Balaban J connectivity index is 1.97. The van der Waals surface area contributed by atoms with Crippen LogP contribution in [0, 0.1) is 15.4 Å². The van der Waals surface area contributed by atoms with Gasteiger partial charge in [-0.1, -0.05) is 18.6 Å². The molecule has 1 aromatic carbocycles. The molecule has 1 fully saturated rings. The zero-order valence-electron chi connectivity index (χ0n) is 10.6. The second kappa shape index (κ2) is 6.50. The van der Waals surface area contributed by atoms with Gasteiger partial charge in [-0.05, 0) is 59.9 Å². The number of hydrogen-bond donors (Lipinski definition) is 1. The summed E-state index contributed by atoms with van der Waals surface area (Å²) in [5.41, 5.74) is 0.740. The van der Waals surface area contributed by atoms with Gasteiger partial charge in [0.15, 0.2) is 5.78 Å². The summed E-state index contributed by atoms with van der Waals surface area (Å²) >= 11 is 2.19. The molecule has 0 unspecified atom stereocenters. The molecule has 1 N–H and O–H groups in total. The van der Waals surface area contributed by atoms with Gasteiger partial charge < -0.3 is 5.11 Å². The number of carboxylic acids is 1. The quantitative estimate of drug-likeness (QED) is 0.647. The molecule has 1 saturated carbocycles. The zero-order valence-corrected chi connectivity index (χ0v) is 12.8. The molecular weight excluding hydrogens is 355 g/mol. The van der Waals surface area contributed by atoms with Crippen molar-refractivity contribution in [1.29, 1.82) is 0 Å². The van der Waals surface area contributed by atoms with E-state index < -0.39 is 5.97 Å². The van der Waals surface area contributed by atoms with Gasteiger partial charge in [0.25, 0.3) is 0 Å². The molecule has 2 atom stereocenters. The van der Waals surface area contributed by atoms with Crippen molar-refractivity contribution in [3.8, 4) is 0 Å². The van der Waals surface area contributed by atoms with Crippen LogP contribution in [0.15, 0.2) is 24.3 Å². The maximum absolute atomic E-state index is 12.2. The fourth-order valence-electron chi connectivity index (χ4n) is 2.74. The zero-order chi connectivity index (χ0) is 13.8. The molecule has 2 rings (SSSR count). The summed E-state index contributed by atoms with van der Waals surface area (Å²) in [6, 6.07) is 7.57. The number of Topliss-reactive ketones (excluding diaryl/α,β-unsaturated/α-hetero) is 1. The molecule has 0 aromatic heterocycles. The molecule has 0 bridgehead atoms. The van der Waals surface area contributed by atoms with Gasteiger partial charge in [0.1, 0.15) is 0 Å². The Kier molecular flexibility index (Phi) is 4.96. The smallest absolute Gasteiger partial charge is 0.306 e. The van der Waals surface area contributed by atoms with E-state index in [4.69, 9.17) is 5.11 Å². The van der Waals surface area contributed by atoms with Gasteiger partial charge in [-0.15, -0.1) is 0 Å². The van der Waals surface area contributed by atoms with Gasteiger partial charge in [0.2, 0.25) is 0 Å². The summed E-state index contributed by atoms with van der Waals surface area (Å²) in [6.07, 6.45) is 3.76. The van der Waals surface area contributed by atoms with Crippen LogP contribution in [0.1, 0.15) is 42.5 Å². The van der Waals surface area contributed by atoms with E-state index in [1.807, 2.05) is 24.3 Å². The predicted molar refractivity (Wildman–Crippen MR) is 81.2 cm³/mol. The van der Waals surface area contributed by atoms with E-state index in [9.17, 15) is 9.59 Å². The van der Waals surface area contributed by atoms with Crippen LogP contribution in [0.2, 0.25) is 0 Å². The predicted octanol–water partition coefficient (Wildman–Crippen LogP) is 3.76. The first-order valence-corrected chi connectivity index (χ1v) is 7.65. The molecule has 1 aromatic rings. The van der Waals surface area contributed by atoms with E-state index in [1.54, 1.807) is 0 Å². The largest absolute Gasteiger partial charge is 0.481 e. The van der Waals surface area contributed by atoms with Crippen LogP contribution in [0.3, 0.4) is 0 Å². The summed E-state index contributed by atoms with van der Waals surface area (Å²) in [5, 5.41) is 9.06. The van der Waals surface area contributed by atoms with Crippen LogP contribution in [0.4, 0.5) is 0 Å². The third-order valence-corrected chi connectivity index (χ3v) is 4.42. The van der Waals surface area contributed by atoms with Gasteiger partial charge >= 0.3 is 5.97 Å². The van der Waals surface area contributed by atoms with Crippen LogP contribution < -0.4 is 0 Å². The Bertz CT molecular complexity index is 484.